The second-order valence-electron chi connectivity index (χ2n) is 3.19. The smallest absolute Gasteiger partial charge is 0.273 e. The Kier molecular flexibility index (Phi) is 4.63. The van der Waals surface area contributed by atoms with Gasteiger partial charge in [0.2, 0.25) is 5.91 Å². The molecule has 0 aliphatic carbocycles. The Hall–Kier alpha value is -2.42. The van der Waals surface area contributed by atoms with E-state index in [-0.39, 0.29) is 11.6 Å². The first-order valence-electron chi connectivity index (χ1n) is 4.93. The van der Waals surface area contributed by atoms with Gasteiger partial charge < -0.3 is 5.32 Å². The first-order chi connectivity index (χ1) is 8.09. The topological polar surface area (TPSA) is 85.1 Å². The van der Waals surface area contributed by atoms with E-state index in [1.807, 2.05) is 0 Å². The largest absolute Gasteiger partial charge is 0.355 e. The zero-order chi connectivity index (χ0) is 12.7. The van der Waals surface area contributed by atoms with E-state index < -0.39 is 4.92 Å². The summed E-state index contributed by atoms with van der Waals surface area (Å²) >= 11 is 0. The Morgan fingerprint density at radius 3 is 3.06 bits per heavy atom. The minimum absolute atomic E-state index is 0.0360. The lowest BCUT2D eigenvalue weighted by atomic mass is 10.3. The number of carbonyl (C=O) groups excluding carboxylic acids is 1. The number of carbonyl (C=O) groups is 1. The second kappa shape index (κ2) is 6.23. The van der Waals surface area contributed by atoms with Gasteiger partial charge in [-0.05, 0) is 5.92 Å². The van der Waals surface area contributed by atoms with E-state index in [2.05, 4.69) is 22.1 Å². The highest BCUT2D eigenvalue weighted by Gasteiger charge is 2.04. The highest BCUT2D eigenvalue weighted by molar-refractivity contribution is 5.72. The van der Waals surface area contributed by atoms with Crippen molar-refractivity contribution in [2.75, 3.05) is 6.54 Å². The fraction of sp³-hybridized carbons (Fsp3) is 0.273. The van der Waals surface area contributed by atoms with Crippen molar-refractivity contribution in [1.29, 1.82) is 0 Å². The van der Waals surface area contributed by atoms with Gasteiger partial charge in [-0.1, -0.05) is 5.92 Å². The van der Waals surface area contributed by atoms with Crippen molar-refractivity contribution in [1.82, 2.24) is 10.3 Å². The van der Waals surface area contributed by atoms with Crippen LogP contribution in [0.25, 0.3) is 0 Å². The standard InChI is InChI=1S/C11H11N3O3/c1-9(15)12-6-3-2-4-10-8-11(14(16)17)5-7-13-10/h5,7-8H,3,6H2,1H3,(H,12,15). The van der Waals surface area contributed by atoms with Crippen LogP contribution in [0.2, 0.25) is 0 Å². The summed E-state index contributed by atoms with van der Waals surface area (Å²) < 4.78 is 0. The molecule has 6 heteroatoms. The average Bonchev–Trinajstić information content (AvgIpc) is 2.28. The molecule has 0 unspecified atom stereocenters. The summed E-state index contributed by atoms with van der Waals surface area (Å²) in [6.07, 6.45) is 1.82. The van der Waals surface area contributed by atoms with E-state index >= 15 is 0 Å². The van der Waals surface area contributed by atoms with Gasteiger partial charge in [0.15, 0.2) is 0 Å². The van der Waals surface area contributed by atoms with E-state index in [4.69, 9.17) is 0 Å². The first-order valence-corrected chi connectivity index (χ1v) is 4.93. The lowest BCUT2D eigenvalue weighted by Gasteiger charge is -1.94. The van der Waals surface area contributed by atoms with Crippen molar-refractivity contribution < 1.29 is 9.72 Å². The van der Waals surface area contributed by atoms with Gasteiger partial charge in [-0.3, -0.25) is 14.9 Å². The molecule has 1 heterocycles. The van der Waals surface area contributed by atoms with Crippen LogP contribution in [0.1, 0.15) is 19.0 Å². The average molecular weight is 233 g/mol. The zero-order valence-electron chi connectivity index (χ0n) is 9.27. The zero-order valence-corrected chi connectivity index (χ0v) is 9.27. The van der Waals surface area contributed by atoms with Gasteiger partial charge >= 0.3 is 0 Å². The number of rotatable bonds is 3. The predicted octanol–water partition coefficient (Wildman–Crippen LogP) is 0.867. The normalized spacial score (nSPS) is 9.00. The van der Waals surface area contributed by atoms with E-state index in [1.54, 1.807) is 0 Å². The van der Waals surface area contributed by atoms with Gasteiger partial charge in [-0.15, -0.1) is 0 Å². The van der Waals surface area contributed by atoms with Crippen molar-refractivity contribution in [3.8, 4) is 11.8 Å². The third kappa shape index (κ3) is 4.75. The fourth-order valence-corrected chi connectivity index (χ4v) is 1.06. The molecule has 0 aromatic carbocycles. The Morgan fingerprint density at radius 2 is 2.41 bits per heavy atom. The summed E-state index contributed by atoms with van der Waals surface area (Å²) in [5, 5.41) is 13.1. The second-order valence-corrected chi connectivity index (χ2v) is 3.19. The predicted molar refractivity (Wildman–Crippen MR) is 61.1 cm³/mol. The number of hydrogen-bond donors (Lipinski definition) is 1. The maximum absolute atomic E-state index is 10.5. The van der Waals surface area contributed by atoms with E-state index in [9.17, 15) is 14.9 Å². The SMILES string of the molecule is CC(=O)NCCC#Cc1cc([N+](=O)[O-])ccn1. The summed E-state index contributed by atoms with van der Waals surface area (Å²) in [5.74, 6) is 5.36. The van der Waals surface area contributed by atoms with Gasteiger partial charge in [-0.25, -0.2) is 4.98 Å². The molecule has 1 aromatic rings. The molecular weight excluding hydrogens is 222 g/mol. The van der Waals surface area contributed by atoms with Crippen molar-refractivity contribution in [3.63, 3.8) is 0 Å². The van der Waals surface area contributed by atoms with Crippen LogP contribution in [-0.2, 0) is 4.79 Å². The lowest BCUT2D eigenvalue weighted by molar-refractivity contribution is -0.385. The number of aromatic nitrogens is 1. The first kappa shape index (κ1) is 12.6. The molecule has 0 radical (unpaired) electrons. The molecule has 17 heavy (non-hydrogen) atoms. The van der Waals surface area contributed by atoms with Gasteiger partial charge in [0.25, 0.3) is 5.69 Å². The number of amides is 1. The summed E-state index contributed by atoms with van der Waals surface area (Å²) in [6, 6.07) is 2.62. The van der Waals surface area contributed by atoms with E-state index in [0.29, 0.717) is 18.7 Å². The monoisotopic (exact) mass is 233 g/mol. The van der Waals surface area contributed by atoms with Gasteiger partial charge in [0.1, 0.15) is 5.69 Å². The quantitative estimate of drug-likeness (QED) is 0.363. The Bertz CT molecular complexity index is 488. The van der Waals surface area contributed by atoms with Crippen LogP contribution in [-0.4, -0.2) is 22.4 Å². The summed E-state index contributed by atoms with van der Waals surface area (Å²) in [7, 11) is 0. The Balaban J connectivity index is 2.56. The molecule has 88 valence electrons. The molecule has 0 fully saturated rings. The van der Waals surface area contributed by atoms with Crippen LogP contribution in [0.5, 0.6) is 0 Å². The molecule has 6 nitrogen and oxygen atoms in total. The summed E-state index contributed by atoms with van der Waals surface area (Å²) in [6.45, 7) is 1.88. The highest BCUT2D eigenvalue weighted by atomic mass is 16.6. The highest BCUT2D eigenvalue weighted by Crippen LogP contribution is 2.09. The van der Waals surface area contributed by atoms with Crippen LogP contribution < -0.4 is 5.32 Å². The molecule has 0 aliphatic heterocycles. The van der Waals surface area contributed by atoms with Gasteiger partial charge in [-0.2, -0.15) is 0 Å². The molecule has 0 saturated heterocycles. The lowest BCUT2D eigenvalue weighted by Crippen LogP contribution is -2.20. The number of hydrogen-bond acceptors (Lipinski definition) is 4. The number of nitro groups is 1. The number of nitrogens with zero attached hydrogens (tertiary/aromatic N) is 2. The third-order valence-electron chi connectivity index (χ3n) is 1.79. The summed E-state index contributed by atoms with van der Waals surface area (Å²) in [5.41, 5.74) is 0.313. The van der Waals surface area contributed by atoms with Crippen molar-refractivity contribution in [3.05, 3.63) is 34.1 Å². The minimum Gasteiger partial charge on any atom is -0.355 e. The minimum atomic E-state index is -0.496. The van der Waals surface area contributed by atoms with Crippen LogP contribution in [0, 0.1) is 22.0 Å². The van der Waals surface area contributed by atoms with Crippen LogP contribution in [0.15, 0.2) is 18.3 Å². The van der Waals surface area contributed by atoms with E-state index in [0.717, 1.165) is 0 Å². The molecule has 0 bridgehead atoms. The van der Waals surface area contributed by atoms with Crippen LogP contribution in [0.3, 0.4) is 0 Å². The van der Waals surface area contributed by atoms with Gasteiger partial charge in [0, 0.05) is 32.2 Å². The Morgan fingerprint density at radius 1 is 1.65 bits per heavy atom. The molecule has 1 amide bonds. The molecule has 1 N–H and O–H groups in total. The molecule has 1 rings (SSSR count). The van der Waals surface area contributed by atoms with Crippen molar-refractivity contribution >= 4 is 11.6 Å². The number of nitrogens with one attached hydrogen (secondary N) is 1. The van der Waals surface area contributed by atoms with Crippen LogP contribution in [0.4, 0.5) is 5.69 Å². The fourth-order valence-electron chi connectivity index (χ4n) is 1.06. The molecule has 0 saturated carbocycles. The molecule has 1 aromatic heterocycles. The molecular formula is C11H11N3O3. The van der Waals surface area contributed by atoms with Crippen LogP contribution >= 0.6 is 0 Å². The summed E-state index contributed by atoms with van der Waals surface area (Å²) in [4.78, 5) is 24.4. The number of pyridine rings is 1. The van der Waals surface area contributed by atoms with E-state index in [1.165, 1.54) is 25.3 Å². The molecule has 0 spiro atoms. The van der Waals surface area contributed by atoms with Crippen molar-refractivity contribution in [2.45, 2.75) is 13.3 Å². The van der Waals surface area contributed by atoms with Gasteiger partial charge in [0.05, 0.1) is 11.0 Å². The Labute approximate surface area is 98.2 Å². The maximum atomic E-state index is 10.5. The molecule has 0 aliphatic rings. The van der Waals surface area contributed by atoms with Crippen molar-refractivity contribution in [2.24, 2.45) is 0 Å². The third-order valence-corrected chi connectivity index (χ3v) is 1.79. The molecule has 0 atom stereocenters. The maximum Gasteiger partial charge on any atom is 0.273 e.